The highest BCUT2D eigenvalue weighted by Gasteiger charge is 2.25. The lowest BCUT2D eigenvalue weighted by molar-refractivity contribution is -0.118. The standard InChI is InChI=1S/C19H22N2O5/c1-4-25-19(24)13-7-5-8-14(11-13)20-18(23)16(12(2)3)21-17(22)15-9-6-10-26-15/h5-12,16H,4H2,1-3H3,(H,20,23)(H,21,22). The van der Waals surface area contributed by atoms with Gasteiger partial charge < -0.3 is 19.8 Å². The van der Waals surface area contributed by atoms with Crippen molar-refractivity contribution in [3.63, 3.8) is 0 Å². The third kappa shape index (κ3) is 4.95. The van der Waals surface area contributed by atoms with Crippen LogP contribution < -0.4 is 10.6 Å². The Labute approximate surface area is 151 Å². The number of carbonyl (C=O) groups excluding carboxylic acids is 3. The highest BCUT2D eigenvalue weighted by molar-refractivity contribution is 6.01. The molecular weight excluding hydrogens is 336 g/mol. The molecule has 2 N–H and O–H groups in total. The van der Waals surface area contributed by atoms with Crippen molar-refractivity contribution < 1.29 is 23.5 Å². The first-order valence-corrected chi connectivity index (χ1v) is 8.34. The molecule has 1 aromatic carbocycles. The Morgan fingerprint density at radius 3 is 2.54 bits per heavy atom. The summed E-state index contributed by atoms with van der Waals surface area (Å²) in [5.74, 6) is -1.34. The number of esters is 1. The van der Waals surface area contributed by atoms with Crippen LogP contribution in [0.1, 0.15) is 41.7 Å². The van der Waals surface area contributed by atoms with Crippen LogP contribution in [0.3, 0.4) is 0 Å². The third-order valence-electron chi connectivity index (χ3n) is 3.62. The van der Waals surface area contributed by atoms with Crippen LogP contribution in [0.15, 0.2) is 47.1 Å². The fourth-order valence-corrected chi connectivity index (χ4v) is 2.31. The minimum absolute atomic E-state index is 0.132. The summed E-state index contributed by atoms with van der Waals surface area (Å²) in [5.41, 5.74) is 0.781. The van der Waals surface area contributed by atoms with Crippen molar-refractivity contribution in [3.8, 4) is 0 Å². The number of nitrogens with one attached hydrogen (secondary N) is 2. The maximum absolute atomic E-state index is 12.6. The van der Waals surface area contributed by atoms with Crippen LogP contribution in [0.2, 0.25) is 0 Å². The molecule has 7 nitrogen and oxygen atoms in total. The van der Waals surface area contributed by atoms with Crippen molar-refractivity contribution in [3.05, 3.63) is 54.0 Å². The zero-order valence-electron chi connectivity index (χ0n) is 14.9. The molecule has 0 radical (unpaired) electrons. The Hall–Kier alpha value is -3.09. The van der Waals surface area contributed by atoms with Crippen LogP contribution in [0.5, 0.6) is 0 Å². The van der Waals surface area contributed by atoms with E-state index >= 15 is 0 Å². The SMILES string of the molecule is CCOC(=O)c1cccc(NC(=O)C(NC(=O)c2ccco2)C(C)C)c1. The average molecular weight is 358 g/mol. The summed E-state index contributed by atoms with van der Waals surface area (Å²) in [6.45, 7) is 5.63. The molecule has 0 spiro atoms. The van der Waals surface area contributed by atoms with Gasteiger partial charge in [0.25, 0.3) is 5.91 Å². The fourth-order valence-electron chi connectivity index (χ4n) is 2.31. The van der Waals surface area contributed by atoms with E-state index in [0.29, 0.717) is 11.3 Å². The summed E-state index contributed by atoms with van der Waals surface area (Å²) in [6, 6.07) is 8.79. The van der Waals surface area contributed by atoms with E-state index in [-0.39, 0.29) is 24.2 Å². The smallest absolute Gasteiger partial charge is 0.338 e. The Morgan fingerprint density at radius 1 is 1.15 bits per heavy atom. The van der Waals surface area contributed by atoms with Gasteiger partial charge in [-0.15, -0.1) is 0 Å². The van der Waals surface area contributed by atoms with E-state index in [1.165, 1.54) is 18.4 Å². The molecule has 0 aliphatic rings. The second kappa shape index (κ2) is 8.84. The summed E-state index contributed by atoms with van der Waals surface area (Å²) in [6.07, 6.45) is 1.39. The first-order valence-electron chi connectivity index (χ1n) is 8.34. The van der Waals surface area contributed by atoms with Crippen molar-refractivity contribution in [2.45, 2.75) is 26.8 Å². The largest absolute Gasteiger partial charge is 0.462 e. The predicted molar refractivity (Wildman–Crippen MR) is 95.8 cm³/mol. The molecule has 0 aliphatic heterocycles. The summed E-state index contributed by atoms with van der Waals surface area (Å²) >= 11 is 0. The van der Waals surface area contributed by atoms with Crippen molar-refractivity contribution >= 4 is 23.5 Å². The van der Waals surface area contributed by atoms with Crippen molar-refractivity contribution in [2.75, 3.05) is 11.9 Å². The summed E-state index contributed by atoms with van der Waals surface area (Å²) in [4.78, 5) is 36.5. The molecule has 1 atom stereocenters. The molecule has 0 bridgehead atoms. The Bertz CT molecular complexity index is 768. The van der Waals surface area contributed by atoms with Crippen LogP contribution in [-0.4, -0.2) is 30.4 Å². The van der Waals surface area contributed by atoms with Gasteiger partial charge in [-0.25, -0.2) is 4.79 Å². The van der Waals surface area contributed by atoms with Gasteiger partial charge >= 0.3 is 5.97 Å². The summed E-state index contributed by atoms with van der Waals surface area (Å²) < 4.78 is 9.99. The Balaban J connectivity index is 2.09. The van der Waals surface area contributed by atoms with Crippen LogP contribution in [-0.2, 0) is 9.53 Å². The number of rotatable bonds is 7. The lowest BCUT2D eigenvalue weighted by atomic mass is 10.0. The van der Waals surface area contributed by atoms with E-state index in [0.717, 1.165) is 0 Å². The third-order valence-corrected chi connectivity index (χ3v) is 3.62. The number of hydrogen-bond donors (Lipinski definition) is 2. The number of furan rings is 1. The van der Waals surface area contributed by atoms with Gasteiger partial charge in [-0.1, -0.05) is 19.9 Å². The van der Waals surface area contributed by atoms with Gasteiger partial charge in [0.1, 0.15) is 6.04 Å². The minimum Gasteiger partial charge on any atom is -0.462 e. The minimum atomic E-state index is -0.765. The molecular formula is C19H22N2O5. The average Bonchev–Trinajstić information content (AvgIpc) is 3.14. The first kappa shape index (κ1) is 19.2. The molecule has 0 saturated carbocycles. The van der Waals surface area contributed by atoms with Gasteiger partial charge in [0, 0.05) is 5.69 Å². The fraction of sp³-hybridized carbons (Fsp3) is 0.316. The van der Waals surface area contributed by atoms with E-state index in [1.54, 1.807) is 31.2 Å². The molecule has 1 aromatic heterocycles. The molecule has 2 rings (SSSR count). The number of ether oxygens (including phenoxy) is 1. The molecule has 1 unspecified atom stereocenters. The number of carbonyl (C=O) groups is 3. The maximum Gasteiger partial charge on any atom is 0.338 e. The summed E-state index contributed by atoms with van der Waals surface area (Å²) in [7, 11) is 0. The highest BCUT2D eigenvalue weighted by atomic mass is 16.5. The second-order valence-corrected chi connectivity index (χ2v) is 5.96. The van der Waals surface area contributed by atoms with Crippen LogP contribution >= 0.6 is 0 Å². The molecule has 26 heavy (non-hydrogen) atoms. The maximum atomic E-state index is 12.6. The lowest BCUT2D eigenvalue weighted by Gasteiger charge is -2.21. The molecule has 7 heteroatoms. The first-order chi connectivity index (χ1) is 12.4. The van der Waals surface area contributed by atoms with Gasteiger partial charge in [0.15, 0.2) is 5.76 Å². The molecule has 0 saturated heterocycles. The molecule has 2 aromatic rings. The predicted octanol–water partition coefficient (Wildman–Crippen LogP) is 2.85. The van der Waals surface area contributed by atoms with Crippen LogP contribution in [0.4, 0.5) is 5.69 Å². The van der Waals surface area contributed by atoms with E-state index in [9.17, 15) is 14.4 Å². The zero-order chi connectivity index (χ0) is 19.1. The van der Waals surface area contributed by atoms with E-state index < -0.39 is 17.9 Å². The normalized spacial score (nSPS) is 11.7. The van der Waals surface area contributed by atoms with Crippen molar-refractivity contribution in [1.29, 1.82) is 0 Å². The molecule has 1 heterocycles. The molecule has 138 valence electrons. The molecule has 0 fully saturated rings. The van der Waals surface area contributed by atoms with Gasteiger partial charge in [-0.2, -0.15) is 0 Å². The number of anilines is 1. The molecule has 0 aliphatic carbocycles. The topological polar surface area (TPSA) is 97.6 Å². The van der Waals surface area contributed by atoms with Crippen LogP contribution in [0.25, 0.3) is 0 Å². The van der Waals surface area contributed by atoms with Gasteiger partial charge in [0.2, 0.25) is 5.91 Å². The highest BCUT2D eigenvalue weighted by Crippen LogP contribution is 2.14. The number of amides is 2. The number of benzene rings is 1. The molecule has 2 amide bonds. The monoisotopic (exact) mass is 358 g/mol. The quantitative estimate of drug-likeness (QED) is 0.742. The van der Waals surface area contributed by atoms with E-state index in [1.807, 2.05) is 13.8 Å². The Kier molecular flexibility index (Phi) is 6.54. The second-order valence-electron chi connectivity index (χ2n) is 5.96. The van der Waals surface area contributed by atoms with Gasteiger partial charge in [-0.3, -0.25) is 9.59 Å². The van der Waals surface area contributed by atoms with E-state index in [2.05, 4.69) is 10.6 Å². The van der Waals surface area contributed by atoms with Gasteiger partial charge in [-0.05, 0) is 43.2 Å². The Morgan fingerprint density at radius 2 is 1.92 bits per heavy atom. The lowest BCUT2D eigenvalue weighted by Crippen LogP contribution is -2.47. The van der Waals surface area contributed by atoms with Crippen molar-refractivity contribution in [1.82, 2.24) is 5.32 Å². The van der Waals surface area contributed by atoms with Crippen LogP contribution in [0, 0.1) is 5.92 Å². The van der Waals surface area contributed by atoms with Gasteiger partial charge in [0.05, 0.1) is 18.4 Å². The summed E-state index contributed by atoms with van der Waals surface area (Å²) in [5, 5.41) is 5.38. The van der Waals surface area contributed by atoms with E-state index in [4.69, 9.17) is 9.15 Å². The number of hydrogen-bond acceptors (Lipinski definition) is 5. The zero-order valence-corrected chi connectivity index (χ0v) is 14.9. The van der Waals surface area contributed by atoms with Crippen molar-refractivity contribution in [2.24, 2.45) is 5.92 Å².